The third kappa shape index (κ3) is 3.23. The zero-order valence-corrected chi connectivity index (χ0v) is 14.5. The Morgan fingerprint density at radius 1 is 1.04 bits per heavy atom. The number of hydrogen-bond acceptors (Lipinski definition) is 1. The molecule has 1 aliphatic carbocycles. The van der Waals surface area contributed by atoms with Crippen LogP contribution in [0.15, 0.2) is 61.1 Å². The lowest BCUT2D eigenvalue weighted by Gasteiger charge is -2.21. The van der Waals surface area contributed by atoms with E-state index in [9.17, 15) is 4.39 Å². The first-order chi connectivity index (χ1) is 12.2. The Balaban J connectivity index is 1.77. The van der Waals surface area contributed by atoms with Gasteiger partial charge in [-0.3, -0.25) is 0 Å². The van der Waals surface area contributed by atoms with E-state index in [1.54, 1.807) is 0 Å². The van der Waals surface area contributed by atoms with Crippen molar-refractivity contribution in [3.8, 4) is 0 Å². The summed E-state index contributed by atoms with van der Waals surface area (Å²) < 4.78 is 15.6. The topological polar surface area (TPSA) is 17.8 Å². The molecule has 3 heteroatoms. The van der Waals surface area contributed by atoms with E-state index in [4.69, 9.17) is 4.98 Å². The molecule has 0 radical (unpaired) electrons. The Kier molecular flexibility index (Phi) is 4.39. The van der Waals surface area contributed by atoms with Gasteiger partial charge in [-0.25, -0.2) is 9.37 Å². The van der Waals surface area contributed by atoms with E-state index in [1.165, 1.54) is 54.6 Å². The summed E-state index contributed by atoms with van der Waals surface area (Å²) in [6.07, 6.45) is 9.21. The summed E-state index contributed by atoms with van der Waals surface area (Å²) in [5.41, 5.74) is 4.72. The van der Waals surface area contributed by atoms with Crippen molar-refractivity contribution in [2.45, 2.75) is 44.6 Å². The van der Waals surface area contributed by atoms with Crippen LogP contribution in [0.2, 0.25) is 0 Å². The summed E-state index contributed by atoms with van der Waals surface area (Å²) >= 11 is 0. The fraction of sp³-hybridized carbons (Fsp3) is 0.318. The molecule has 4 rings (SSSR count). The minimum Gasteiger partial charge on any atom is -0.326 e. The molecule has 1 heterocycles. The highest BCUT2D eigenvalue weighted by Gasteiger charge is 2.23. The van der Waals surface area contributed by atoms with Crippen LogP contribution in [0.25, 0.3) is 0 Å². The molecule has 1 fully saturated rings. The maximum absolute atomic E-state index is 13.4. The van der Waals surface area contributed by atoms with Crippen LogP contribution < -0.4 is 0 Å². The van der Waals surface area contributed by atoms with Gasteiger partial charge in [0.15, 0.2) is 0 Å². The van der Waals surface area contributed by atoms with Crippen molar-refractivity contribution in [2.75, 3.05) is 0 Å². The van der Waals surface area contributed by atoms with Crippen LogP contribution in [0.1, 0.15) is 60.0 Å². The van der Waals surface area contributed by atoms with Crippen LogP contribution in [-0.2, 0) is 0 Å². The number of aromatic nitrogens is 2. The highest BCUT2D eigenvalue weighted by molar-refractivity contribution is 5.38. The van der Waals surface area contributed by atoms with Crippen LogP contribution in [0.4, 0.5) is 4.39 Å². The van der Waals surface area contributed by atoms with Crippen molar-refractivity contribution >= 4 is 0 Å². The second-order valence-electron chi connectivity index (χ2n) is 7.04. The summed E-state index contributed by atoms with van der Waals surface area (Å²) in [6, 6.07) is 15.2. The molecule has 0 spiro atoms. The van der Waals surface area contributed by atoms with Gasteiger partial charge < -0.3 is 4.57 Å². The number of nitrogens with zero attached hydrogens (tertiary/aromatic N) is 2. The van der Waals surface area contributed by atoms with E-state index in [2.05, 4.69) is 42.0 Å². The fourth-order valence-corrected chi connectivity index (χ4v) is 3.98. The third-order valence-electron chi connectivity index (χ3n) is 5.36. The highest BCUT2D eigenvalue weighted by atomic mass is 19.1. The quantitative estimate of drug-likeness (QED) is 0.605. The average molecular weight is 334 g/mol. The molecular formula is C22H23FN2. The van der Waals surface area contributed by atoms with E-state index in [0.717, 1.165) is 5.56 Å². The van der Waals surface area contributed by atoms with Gasteiger partial charge in [0.1, 0.15) is 5.82 Å². The number of imidazole rings is 1. The van der Waals surface area contributed by atoms with Crippen molar-refractivity contribution in [3.63, 3.8) is 0 Å². The minimum atomic E-state index is -0.204. The van der Waals surface area contributed by atoms with E-state index < -0.39 is 0 Å². The second kappa shape index (κ2) is 6.83. The van der Waals surface area contributed by atoms with Gasteiger partial charge in [0, 0.05) is 12.1 Å². The van der Waals surface area contributed by atoms with Crippen LogP contribution >= 0.6 is 0 Å². The predicted octanol–water partition coefficient (Wildman–Crippen LogP) is 5.63. The van der Waals surface area contributed by atoms with Crippen LogP contribution in [0, 0.1) is 12.7 Å². The zero-order valence-electron chi connectivity index (χ0n) is 14.5. The number of aryl methyl sites for hydroxylation is 1. The molecule has 1 saturated carbocycles. The van der Waals surface area contributed by atoms with Crippen molar-refractivity contribution in [1.29, 1.82) is 0 Å². The maximum atomic E-state index is 13.4. The first-order valence-corrected chi connectivity index (χ1v) is 9.07. The van der Waals surface area contributed by atoms with Crippen molar-refractivity contribution < 1.29 is 4.39 Å². The van der Waals surface area contributed by atoms with Crippen molar-refractivity contribution in [3.05, 3.63) is 89.3 Å². The Labute approximate surface area is 148 Å². The Morgan fingerprint density at radius 2 is 1.76 bits per heavy atom. The standard InChI is InChI=1S/C22H23FN2/c1-16-6-2-5-9-20(16)22(18-10-12-19(23)13-11-18)25-14-21(24-15-25)17-7-3-4-8-17/h2,5-6,9-15,17,22H,3-4,7-8H2,1H3. The van der Waals surface area contributed by atoms with Crippen molar-refractivity contribution in [2.24, 2.45) is 0 Å². The van der Waals surface area contributed by atoms with Crippen LogP contribution in [-0.4, -0.2) is 9.55 Å². The lowest BCUT2D eigenvalue weighted by Crippen LogP contribution is -2.12. The summed E-state index contributed by atoms with van der Waals surface area (Å²) in [5.74, 6) is 0.386. The second-order valence-corrected chi connectivity index (χ2v) is 7.04. The van der Waals surface area contributed by atoms with Gasteiger partial charge in [-0.05, 0) is 48.6 Å². The zero-order chi connectivity index (χ0) is 17.2. The molecule has 0 N–H and O–H groups in total. The van der Waals surface area contributed by atoms with E-state index in [0.29, 0.717) is 5.92 Å². The predicted molar refractivity (Wildman–Crippen MR) is 98.3 cm³/mol. The molecule has 2 nitrogen and oxygen atoms in total. The number of rotatable bonds is 4. The van der Waals surface area contributed by atoms with E-state index in [-0.39, 0.29) is 11.9 Å². The molecule has 0 bridgehead atoms. The maximum Gasteiger partial charge on any atom is 0.123 e. The van der Waals surface area contributed by atoms with Crippen LogP contribution in [0.5, 0.6) is 0 Å². The van der Waals surface area contributed by atoms with Gasteiger partial charge in [-0.2, -0.15) is 0 Å². The molecular weight excluding hydrogens is 311 g/mol. The van der Waals surface area contributed by atoms with Gasteiger partial charge >= 0.3 is 0 Å². The third-order valence-corrected chi connectivity index (χ3v) is 5.36. The Bertz CT molecular complexity index is 844. The lowest BCUT2D eigenvalue weighted by atomic mass is 9.94. The SMILES string of the molecule is Cc1ccccc1C(c1ccc(F)cc1)n1cnc(C2CCCC2)c1. The summed E-state index contributed by atoms with van der Waals surface area (Å²) in [7, 11) is 0. The molecule has 128 valence electrons. The van der Waals surface area contributed by atoms with Gasteiger partial charge in [0.25, 0.3) is 0 Å². The van der Waals surface area contributed by atoms with Gasteiger partial charge in [-0.15, -0.1) is 0 Å². The molecule has 25 heavy (non-hydrogen) atoms. The number of hydrogen-bond donors (Lipinski definition) is 0. The number of halogens is 1. The normalized spacial score (nSPS) is 16.2. The largest absolute Gasteiger partial charge is 0.326 e. The molecule has 0 amide bonds. The lowest BCUT2D eigenvalue weighted by molar-refractivity contribution is 0.622. The fourth-order valence-electron chi connectivity index (χ4n) is 3.98. The summed E-state index contributed by atoms with van der Waals surface area (Å²) in [4.78, 5) is 4.71. The van der Waals surface area contributed by atoms with Gasteiger partial charge in [-0.1, -0.05) is 49.2 Å². The molecule has 3 aromatic rings. The average Bonchev–Trinajstić information content (AvgIpc) is 3.30. The smallest absolute Gasteiger partial charge is 0.123 e. The molecule has 1 unspecified atom stereocenters. The summed E-state index contributed by atoms with van der Waals surface area (Å²) in [5, 5.41) is 0. The Morgan fingerprint density at radius 3 is 2.48 bits per heavy atom. The summed E-state index contributed by atoms with van der Waals surface area (Å²) in [6.45, 7) is 2.13. The van der Waals surface area contributed by atoms with Gasteiger partial charge in [0.2, 0.25) is 0 Å². The van der Waals surface area contributed by atoms with E-state index >= 15 is 0 Å². The molecule has 1 aliphatic rings. The molecule has 1 aromatic heterocycles. The highest BCUT2D eigenvalue weighted by Crippen LogP contribution is 2.35. The molecule has 1 atom stereocenters. The first kappa shape index (κ1) is 16.1. The first-order valence-electron chi connectivity index (χ1n) is 9.07. The molecule has 0 saturated heterocycles. The van der Waals surface area contributed by atoms with Crippen molar-refractivity contribution in [1.82, 2.24) is 9.55 Å². The Hall–Kier alpha value is -2.42. The number of benzene rings is 2. The van der Waals surface area contributed by atoms with Crippen LogP contribution in [0.3, 0.4) is 0 Å². The monoisotopic (exact) mass is 334 g/mol. The minimum absolute atomic E-state index is 0.0180. The van der Waals surface area contributed by atoms with Gasteiger partial charge in [0.05, 0.1) is 18.1 Å². The molecule has 0 aliphatic heterocycles. The van der Waals surface area contributed by atoms with E-state index in [1.807, 2.05) is 18.5 Å². The molecule has 2 aromatic carbocycles.